The Balaban J connectivity index is 2.84. The summed E-state index contributed by atoms with van der Waals surface area (Å²) < 4.78 is 12.6. The molecule has 0 heterocycles. The van der Waals surface area contributed by atoms with Crippen molar-refractivity contribution < 1.29 is 14.3 Å². The molecule has 1 aromatic carbocycles. The molecule has 0 atom stereocenters. The van der Waals surface area contributed by atoms with Crippen molar-refractivity contribution in [3.05, 3.63) is 32.2 Å². The minimum Gasteiger partial charge on any atom is -0.489 e. The van der Waals surface area contributed by atoms with Gasteiger partial charge in [-0.25, -0.2) is 0 Å². The smallest absolute Gasteiger partial charge is 0.151 e. The zero-order valence-corrected chi connectivity index (χ0v) is 17.4. The molecule has 0 amide bonds. The first kappa shape index (κ1) is 21.1. The van der Waals surface area contributed by atoms with Crippen molar-refractivity contribution in [2.45, 2.75) is 34.1 Å². The molecule has 0 aliphatic carbocycles. The third-order valence-corrected chi connectivity index (χ3v) is 4.14. The molecular weight excluding hydrogens is 417 g/mol. The number of rotatable bonds is 9. The number of nitrogens with zero attached hydrogens (tertiary/aromatic N) is 1. The molecule has 0 aliphatic heterocycles. The summed E-state index contributed by atoms with van der Waals surface area (Å²) in [6.45, 7) is 8.90. The van der Waals surface area contributed by atoms with E-state index in [1.165, 1.54) is 0 Å². The second kappa shape index (κ2) is 10.9. The fraction of sp³-hybridized carbons (Fsp3) is 0.471. The normalized spacial score (nSPS) is 10.1. The topological polar surface area (TPSA) is 40.0 Å². The second-order valence-corrected chi connectivity index (χ2v) is 6.99. The highest BCUT2D eigenvalue weighted by molar-refractivity contribution is 9.10. The number of halogens is 3. The van der Waals surface area contributed by atoms with Crippen LogP contribution in [-0.2, 0) is 11.3 Å². The lowest BCUT2D eigenvalue weighted by atomic mass is 10.1. The van der Waals surface area contributed by atoms with E-state index in [-0.39, 0.29) is 4.49 Å². The lowest BCUT2D eigenvalue weighted by Crippen LogP contribution is -2.08. The molecule has 0 bridgehead atoms. The summed E-state index contributed by atoms with van der Waals surface area (Å²) in [5, 5.41) is 3.88. The van der Waals surface area contributed by atoms with Crippen LogP contribution in [0.3, 0.4) is 0 Å². The van der Waals surface area contributed by atoms with Crippen molar-refractivity contribution >= 4 is 44.8 Å². The van der Waals surface area contributed by atoms with E-state index in [0.717, 1.165) is 39.2 Å². The Morgan fingerprint density at radius 3 is 2.54 bits per heavy atom. The first-order valence-electron chi connectivity index (χ1n) is 7.58. The number of hydrogen-bond donors (Lipinski definition) is 0. The first-order valence-corrected chi connectivity index (χ1v) is 9.13. The summed E-state index contributed by atoms with van der Waals surface area (Å²) in [4.78, 5) is 5.15. The maximum absolute atomic E-state index is 5.89. The molecule has 0 N–H and O–H groups in total. The summed E-state index contributed by atoms with van der Waals surface area (Å²) in [6.07, 6.45) is 2.39. The molecule has 0 aromatic heterocycles. The molecule has 134 valence electrons. The summed E-state index contributed by atoms with van der Waals surface area (Å²) in [6, 6.07) is 1.92. The quantitative estimate of drug-likeness (QED) is 0.277. The molecule has 1 rings (SSSR count). The molecule has 0 aliphatic rings. The van der Waals surface area contributed by atoms with Crippen LogP contribution in [0, 0.1) is 6.92 Å². The Morgan fingerprint density at radius 1 is 1.25 bits per heavy atom. The average Bonchev–Trinajstić information content (AvgIpc) is 2.50. The maximum Gasteiger partial charge on any atom is 0.151 e. The van der Waals surface area contributed by atoms with Crippen LogP contribution >= 0.6 is 39.1 Å². The molecule has 0 fully saturated rings. The van der Waals surface area contributed by atoms with Gasteiger partial charge in [-0.05, 0) is 60.8 Å². The van der Waals surface area contributed by atoms with Gasteiger partial charge >= 0.3 is 0 Å². The van der Waals surface area contributed by atoms with Gasteiger partial charge in [0, 0.05) is 5.56 Å². The van der Waals surface area contributed by atoms with Gasteiger partial charge in [-0.1, -0.05) is 35.3 Å². The Morgan fingerprint density at radius 2 is 1.96 bits per heavy atom. The zero-order chi connectivity index (χ0) is 18.1. The molecule has 7 heteroatoms. The van der Waals surface area contributed by atoms with Crippen molar-refractivity contribution in [1.29, 1.82) is 0 Å². The highest BCUT2D eigenvalue weighted by Gasteiger charge is 2.15. The highest BCUT2D eigenvalue weighted by Crippen LogP contribution is 2.38. The Hall–Kier alpha value is -0.910. The largest absolute Gasteiger partial charge is 0.489 e. The monoisotopic (exact) mass is 437 g/mol. The van der Waals surface area contributed by atoms with Gasteiger partial charge in [-0.3, -0.25) is 0 Å². The number of aryl methyl sites for hydroxylation is 1. The van der Waals surface area contributed by atoms with Crippen molar-refractivity contribution in [1.82, 2.24) is 0 Å². The Kier molecular flexibility index (Phi) is 9.56. The van der Waals surface area contributed by atoms with Gasteiger partial charge in [0.15, 0.2) is 6.61 Å². The summed E-state index contributed by atoms with van der Waals surface area (Å²) in [5.74, 6) is 1.56. The van der Waals surface area contributed by atoms with E-state index in [0.29, 0.717) is 19.8 Å². The van der Waals surface area contributed by atoms with Gasteiger partial charge < -0.3 is 14.3 Å². The van der Waals surface area contributed by atoms with Gasteiger partial charge in [-0.2, -0.15) is 0 Å². The lowest BCUT2D eigenvalue weighted by Gasteiger charge is -2.18. The number of benzene rings is 1. The summed E-state index contributed by atoms with van der Waals surface area (Å²) in [7, 11) is 0. The van der Waals surface area contributed by atoms with Crippen molar-refractivity contribution in [3.8, 4) is 11.5 Å². The van der Waals surface area contributed by atoms with E-state index in [2.05, 4.69) is 28.0 Å². The number of hydrogen-bond acceptors (Lipinski definition) is 4. The van der Waals surface area contributed by atoms with Crippen LogP contribution in [0.1, 0.15) is 31.9 Å². The van der Waals surface area contributed by atoms with E-state index in [1.807, 2.05) is 26.8 Å². The molecule has 1 aromatic rings. The van der Waals surface area contributed by atoms with Crippen LogP contribution in [0.4, 0.5) is 0 Å². The average molecular weight is 439 g/mol. The fourth-order valence-electron chi connectivity index (χ4n) is 1.98. The summed E-state index contributed by atoms with van der Waals surface area (Å²) >= 11 is 14.8. The van der Waals surface area contributed by atoms with E-state index < -0.39 is 0 Å². The van der Waals surface area contributed by atoms with Gasteiger partial charge in [-0.15, -0.1) is 0 Å². The minimum absolute atomic E-state index is 0.184. The standard InChI is InChI=1S/C17H22BrCl2NO3/c1-5-13-16(18)14(22-7-6-15(19)20)10-12(4)17(13)23-8-9-24-21-11(2)3/h6,10H,5,7-9H2,1-4H3. The molecule has 24 heavy (non-hydrogen) atoms. The zero-order valence-electron chi connectivity index (χ0n) is 14.3. The van der Waals surface area contributed by atoms with E-state index in [1.54, 1.807) is 6.08 Å². The summed E-state index contributed by atoms with van der Waals surface area (Å²) in [5.41, 5.74) is 2.90. The third kappa shape index (κ3) is 6.91. The van der Waals surface area contributed by atoms with Crippen LogP contribution in [0.5, 0.6) is 11.5 Å². The van der Waals surface area contributed by atoms with Crippen LogP contribution < -0.4 is 9.47 Å². The minimum atomic E-state index is 0.184. The Bertz CT molecular complexity index is 610. The second-order valence-electron chi connectivity index (χ2n) is 5.19. The fourth-order valence-corrected chi connectivity index (χ4v) is 2.80. The number of oxime groups is 1. The van der Waals surface area contributed by atoms with Gasteiger partial charge in [0.1, 0.15) is 29.2 Å². The van der Waals surface area contributed by atoms with Gasteiger partial charge in [0.2, 0.25) is 0 Å². The van der Waals surface area contributed by atoms with Crippen LogP contribution in [0.25, 0.3) is 0 Å². The molecular formula is C17H22BrCl2NO3. The predicted octanol–water partition coefficient (Wildman–Crippen LogP) is 5.81. The van der Waals surface area contributed by atoms with Gasteiger partial charge in [0.25, 0.3) is 0 Å². The molecule has 0 saturated carbocycles. The number of ether oxygens (including phenoxy) is 2. The van der Waals surface area contributed by atoms with Crippen molar-refractivity contribution in [2.24, 2.45) is 5.16 Å². The third-order valence-electron chi connectivity index (χ3n) is 2.96. The van der Waals surface area contributed by atoms with Crippen LogP contribution in [-0.4, -0.2) is 25.5 Å². The predicted molar refractivity (Wildman–Crippen MR) is 104 cm³/mol. The van der Waals surface area contributed by atoms with Crippen LogP contribution in [0.15, 0.2) is 26.3 Å². The lowest BCUT2D eigenvalue weighted by molar-refractivity contribution is 0.106. The van der Waals surface area contributed by atoms with Crippen molar-refractivity contribution in [3.63, 3.8) is 0 Å². The molecule has 0 unspecified atom stereocenters. The maximum atomic E-state index is 5.89. The Labute approximate surface area is 161 Å². The van der Waals surface area contributed by atoms with E-state index >= 15 is 0 Å². The van der Waals surface area contributed by atoms with E-state index in [4.69, 9.17) is 37.5 Å². The molecule has 0 spiro atoms. The highest BCUT2D eigenvalue weighted by atomic mass is 79.9. The SMILES string of the molecule is CCc1c(Br)c(OCC=C(Cl)Cl)cc(C)c1OCCON=C(C)C. The van der Waals surface area contributed by atoms with Gasteiger partial charge in [0.05, 0.1) is 10.2 Å². The molecule has 0 saturated heterocycles. The van der Waals surface area contributed by atoms with Crippen molar-refractivity contribution in [2.75, 3.05) is 19.8 Å². The van der Waals surface area contributed by atoms with Crippen LogP contribution in [0.2, 0.25) is 0 Å². The molecule has 0 radical (unpaired) electrons. The van der Waals surface area contributed by atoms with E-state index in [9.17, 15) is 0 Å². The first-order chi connectivity index (χ1) is 11.4. The molecule has 4 nitrogen and oxygen atoms in total.